The van der Waals surface area contributed by atoms with E-state index in [1.807, 2.05) is 0 Å². The number of carbonyl (C=O) groups is 1. The molecular weight excluding hydrogens is 208 g/mol. The zero-order chi connectivity index (χ0) is 9.07. The smallest absolute Gasteiger partial charge is 0.309 e. The number of carboxylic acids is 1. The quantitative estimate of drug-likeness (QED) is 0.792. The average molecular weight is 221 g/mol. The number of hydrogen-bond donors (Lipinski definition) is 1. The van der Waals surface area contributed by atoms with E-state index in [2.05, 4.69) is 22.5 Å². The zero-order valence-corrected chi connectivity index (χ0v) is 8.44. The highest BCUT2D eigenvalue weighted by molar-refractivity contribution is 9.11. The van der Waals surface area contributed by atoms with Crippen LogP contribution in [0.3, 0.4) is 0 Å². The van der Waals surface area contributed by atoms with Gasteiger partial charge in [0.05, 0.1) is 5.41 Å². The van der Waals surface area contributed by atoms with E-state index in [9.17, 15) is 4.79 Å². The Labute approximate surface area is 75.4 Å². The predicted molar refractivity (Wildman–Crippen MR) is 48.7 cm³/mol. The Morgan fingerprint density at radius 3 is 2.36 bits per heavy atom. The number of hydrogen-bond acceptors (Lipinski definition) is 1. The van der Waals surface area contributed by atoms with Gasteiger partial charge in [0.25, 0.3) is 0 Å². The Bertz CT molecular complexity index is 173. The summed E-state index contributed by atoms with van der Waals surface area (Å²) in [5, 5.41) is 8.71. The third kappa shape index (κ3) is 4.19. The highest BCUT2D eigenvalue weighted by atomic mass is 79.9. The number of allylic oxidation sites excluding steroid dienone is 1. The SMILES string of the molecule is C=C(Br)CCC(C)(C)C(=O)O. The first kappa shape index (κ1) is 10.7. The lowest BCUT2D eigenvalue weighted by molar-refractivity contribution is -0.147. The molecule has 0 saturated heterocycles. The largest absolute Gasteiger partial charge is 0.481 e. The standard InChI is InChI=1S/C8H13BrO2/c1-6(9)4-5-8(2,3)7(10)11/h1,4-5H2,2-3H3,(H,10,11). The van der Waals surface area contributed by atoms with Gasteiger partial charge in [0.15, 0.2) is 0 Å². The third-order valence-corrected chi connectivity index (χ3v) is 2.00. The Morgan fingerprint density at radius 2 is 2.09 bits per heavy atom. The molecule has 0 amide bonds. The number of carboxylic acid groups (broad SMARTS) is 1. The highest BCUT2D eigenvalue weighted by Crippen LogP contribution is 2.25. The van der Waals surface area contributed by atoms with Crippen LogP contribution < -0.4 is 0 Å². The average Bonchev–Trinajstić information content (AvgIpc) is 1.84. The van der Waals surface area contributed by atoms with Crippen molar-refractivity contribution in [2.75, 3.05) is 0 Å². The van der Waals surface area contributed by atoms with Crippen LogP contribution in [0, 0.1) is 5.41 Å². The summed E-state index contributed by atoms with van der Waals surface area (Å²) in [7, 11) is 0. The summed E-state index contributed by atoms with van der Waals surface area (Å²) in [6, 6.07) is 0. The molecule has 2 nitrogen and oxygen atoms in total. The summed E-state index contributed by atoms with van der Waals surface area (Å²) >= 11 is 3.19. The molecule has 0 aliphatic heterocycles. The monoisotopic (exact) mass is 220 g/mol. The highest BCUT2D eigenvalue weighted by Gasteiger charge is 2.26. The van der Waals surface area contributed by atoms with Crippen molar-refractivity contribution in [3.63, 3.8) is 0 Å². The molecule has 0 aromatic rings. The van der Waals surface area contributed by atoms with E-state index in [-0.39, 0.29) is 0 Å². The maximum Gasteiger partial charge on any atom is 0.309 e. The molecule has 0 atom stereocenters. The van der Waals surface area contributed by atoms with E-state index >= 15 is 0 Å². The van der Waals surface area contributed by atoms with Gasteiger partial charge in [-0.15, -0.1) is 0 Å². The predicted octanol–water partition coefficient (Wildman–Crippen LogP) is 2.79. The van der Waals surface area contributed by atoms with E-state index in [4.69, 9.17) is 5.11 Å². The Hall–Kier alpha value is -0.310. The molecule has 64 valence electrons. The van der Waals surface area contributed by atoms with Gasteiger partial charge in [0.2, 0.25) is 0 Å². The molecule has 0 heterocycles. The molecule has 0 aromatic heterocycles. The van der Waals surface area contributed by atoms with Crippen molar-refractivity contribution in [1.82, 2.24) is 0 Å². The molecule has 3 heteroatoms. The molecule has 0 aliphatic carbocycles. The summed E-state index contributed by atoms with van der Waals surface area (Å²) in [5.41, 5.74) is -0.642. The molecule has 0 fully saturated rings. The zero-order valence-electron chi connectivity index (χ0n) is 6.85. The number of halogens is 1. The van der Waals surface area contributed by atoms with Crippen molar-refractivity contribution >= 4 is 21.9 Å². The molecule has 1 N–H and O–H groups in total. The van der Waals surface area contributed by atoms with Gasteiger partial charge in [-0.2, -0.15) is 0 Å². The number of aliphatic carboxylic acids is 1. The minimum absolute atomic E-state index is 0.617. The lowest BCUT2D eigenvalue weighted by Gasteiger charge is -2.17. The first-order chi connectivity index (χ1) is 4.86. The van der Waals surface area contributed by atoms with Gasteiger partial charge in [-0.05, 0) is 31.2 Å². The molecule has 0 rings (SSSR count). The van der Waals surface area contributed by atoms with Gasteiger partial charge in [0, 0.05) is 0 Å². The van der Waals surface area contributed by atoms with Gasteiger partial charge in [0.1, 0.15) is 0 Å². The van der Waals surface area contributed by atoms with Crippen molar-refractivity contribution in [2.24, 2.45) is 5.41 Å². The summed E-state index contributed by atoms with van der Waals surface area (Å²) in [4.78, 5) is 10.6. The summed E-state index contributed by atoms with van der Waals surface area (Å²) in [5.74, 6) is -0.758. The van der Waals surface area contributed by atoms with Crippen LogP contribution in [0.2, 0.25) is 0 Å². The molecule has 11 heavy (non-hydrogen) atoms. The van der Waals surface area contributed by atoms with Crippen LogP contribution in [-0.2, 0) is 4.79 Å². The summed E-state index contributed by atoms with van der Waals surface area (Å²) in [6.07, 6.45) is 1.33. The minimum atomic E-state index is -0.758. The van der Waals surface area contributed by atoms with Crippen molar-refractivity contribution < 1.29 is 9.90 Å². The lowest BCUT2D eigenvalue weighted by Crippen LogP contribution is -2.23. The number of rotatable bonds is 4. The second-order valence-electron chi connectivity index (χ2n) is 3.21. The first-order valence-corrected chi connectivity index (χ1v) is 4.22. The fraction of sp³-hybridized carbons (Fsp3) is 0.625. The van der Waals surface area contributed by atoms with Crippen LogP contribution in [0.5, 0.6) is 0 Å². The minimum Gasteiger partial charge on any atom is -0.481 e. The van der Waals surface area contributed by atoms with Crippen LogP contribution in [-0.4, -0.2) is 11.1 Å². The maximum absolute atomic E-state index is 10.6. The molecule has 0 bridgehead atoms. The van der Waals surface area contributed by atoms with E-state index in [1.165, 1.54) is 0 Å². The molecule has 0 radical (unpaired) electrons. The van der Waals surface area contributed by atoms with Crippen molar-refractivity contribution in [2.45, 2.75) is 26.7 Å². The Kier molecular flexibility index (Phi) is 3.79. The van der Waals surface area contributed by atoms with Crippen LogP contribution >= 0.6 is 15.9 Å². The van der Waals surface area contributed by atoms with Crippen LogP contribution in [0.15, 0.2) is 11.1 Å². The van der Waals surface area contributed by atoms with Gasteiger partial charge >= 0.3 is 5.97 Å². The van der Waals surface area contributed by atoms with Crippen molar-refractivity contribution in [1.29, 1.82) is 0 Å². The van der Waals surface area contributed by atoms with Crippen molar-refractivity contribution in [3.8, 4) is 0 Å². The third-order valence-electron chi connectivity index (χ3n) is 1.60. The van der Waals surface area contributed by atoms with E-state index < -0.39 is 11.4 Å². The van der Waals surface area contributed by atoms with E-state index in [0.717, 1.165) is 4.48 Å². The lowest BCUT2D eigenvalue weighted by atomic mass is 9.88. The van der Waals surface area contributed by atoms with Gasteiger partial charge in [-0.3, -0.25) is 4.79 Å². The first-order valence-electron chi connectivity index (χ1n) is 3.43. The van der Waals surface area contributed by atoms with Gasteiger partial charge < -0.3 is 5.11 Å². The van der Waals surface area contributed by atoms with Crippen LogP contribution in [0.25, 0.3) is 0 Å². The molecule has 0 unspecified atom stereocenters. The van der Waals surface area contributed by atoms with Crippen LogP contribution in [0.1, 0.15) is 26.7 Å². The fourth-order valence-electron chi connectivity index (χ4n) is 0.555. The summed E-state index contributed by atoms with van der Waals surface area (Å²) in [6.45, 7) is 7.07. The topological polar surface area (TPSA) is 37.3 Å². The van der Waals surface area contributed by atoms with E-state index in [0.29, 0.717) is 12.8 Å². The Morgan fingerprint density at radius 1 is 1.64 bits per heavy atom. The van der Waals surface area contributed by atoms with E-state index in [1.54, 1.807) is 13.8 Å². The normalized spacial score (nSPS) is 11.2. The molecule has 0 spiro atoms. The molecular formula is C8H13BrO2. The van der Waals surface area contributed by atoms with Crippen molar-refractivity contribution in [3.05, 3.63) is 11.1 Å². The van der Waals surface area contributed by atoms with Gasteiger partial charge in [-0.1, -0.05) is 22.5 Å². The molecule has 0 aromatic carbocycles. The Balaban J connectivity index is 3.92. The molecule has 0 saturated carbocycles. The maximum atomic E-state index is 10.6. The van der Waals surface area contributed by atoms with Crippen LogP contribution in [0.4, 0.5) is 0 Å². The molecule has 0 aliphatic rings. The fourth-order valence-corrected chi connectivity index (χ4v) is 0.753. The summed E-state index contributed by atoms with van der Waals surface area (Å²) < 4.78 is 0.854. The second-order valence-corrected chi connectivity index (χ2v) is 4.33. The van der Waals surface area contributed by atoms with Gasteiger partial charge in [-0.25, -0.2) is 0 Å². The second kappa shape index (κ2) is 3.90.